The largest absolute Gasteiger partial charge is 0.469 e. The summed E-state index contributed by atoms with van der Waals surface area (Å²) in [7, 11) is 1.43. The normalized spacial score (nSPS) is 27.6. The summed E-state index contributed by atoms with van der Waals surface area (Å²) in [5.74, 6) is -0.119. The second-order valence-electron chi connectivity index (χ2n) is 7.54. The van der Waals surface area contributed by atoms with Gasteiger partial charge in [-0.3, -0.25) is 9.59 Å². The Labute approximate surface area is 144 Å². The number of benzene rings is 1. The molecular weight excluding hydrogens is 324 g/mol. The number of rotatable bonds is 2. The molecule has 2 aliphatic rings. The van der Waals surface area contributed by atoms with Gasteiger partial charge in [0.1, 0.15) is 0 Å². The average Bonchev–Trinajstić information content (AvgIpc) is 3.13. The van der Waals surface area contributed by atoms with Crippen LogP contribution >= 0.6 is 11.3 Å². The molecule has 0 radical (unpaired) electrons. The van der Waals surface area contributed by atoms with Gasteiger partial charge < -0.3 is 9.64 Å². The first-order valence-electron chi connectivity index (χ1n) is 8.11. The summed E-state index contributed by atoms with van der Waals surface area (Å²) in [5.41, 5.74) is 0.359. The lowest BCUT2D eigenvalue weighted by atomic mass is 9.48. The summed E-state index contributed by atoms with van der Waals surface area (Å²) < 4.78 is 6.05. The zero-order valence-corrected chi connectivity index (χ0v) is 14.9. The Bertz CT molecular complexity index is 811. The lowest BCUT2D eigenvalue weighted by Crippen LogP contribution is -2.57. The molecule has 0 N–H and O–H groups in total. The first-order chi connectivity index (χ1) is 11.4. The van der Waals surface area contributed by atoms with E-state index < -0.39 is 5.41 Å². The van der Waals surface area contributed by atoms with E-state index in [4.69, 9.17) is 4.74 Å². The number of amides is 1. The van der Waals surface area contributed by atoms with Gasteiger partial charge in [-0.2, -0.15) is 0 Å². The van der Waals surface area contributed by atoms with E-state index in [2.05, 4.69) is 18.8 Å². The summed E-state index contributed by atoms with van der Waals surface area (Å²) >= 11 is 1.41. The molecule has 1 aliphatic carbocycles. The maximum atomic E-state index is 12.9. The Kier molecular flexibility index (Phi) is 3.26. The molecule has 2 fully saturated rings. The summed E-state index contributed by atoms with van der Waals surface area (Å²) in [6.45, 7) is 5.34. The topological polar surface area (TPSA) is 59.5 Å². The third-order valence-corrected chi connectivity index (χ3v) is 6.64. The van der Waals surface area contributed by atoms with E-state index in [1.807, 2.05) is 24.3 Å². The number of thiazole rings is 1. The predicted molar refractivity (Wildman–Crippen MR) is 91.9 cm³/mol. The fourth-order valence-corrected chi connectivity index (χ4v) is 5.56. The minimum absolute atomic E-state index is 0.0524. The van der Waals surface area contributed by atoms with Gasteiger partial charge in [0, 0.05) is 13.1 Å². The first kappa shape index (κ1) is 15.6. The Morgan fingerprint density at radius 3 is 2.75 bits per heavy atom. The average molecular weight is 344 g/mol. The van der Waals surface area contributed by atoms with Gasteiger partial charge in [0.05, 0.1) is 22.7 Å². The first-order valence-corrected chi connectivity index (χ1v) is 8.92. The van der Waals surface area contributed by atoms with E-state index in [1.165, 1.54) is 18.4 Å². The summed E-state index contributed by atoms with van der Waals surface area (Å²) in [6.07, 6.45) is 0.765. The quantitative estimate of drug-likeness (QED) is 0.786. The van der Waals surface area contributed by atoms with Crippen LogP contribution in [0.5, 0.6) is 0 Å². The SMILES string of the molecule is COC(=O)[C@@]12CN(C(=O)c3nc4ccccc4s3)C[C@@H]1C(C)(C)C2. The van der Waals surface area contributed by atoms with E-state index in [1.54, 1.807) is 4.90 Å². The molecule has 1 saturated heterocycles. The number of esters is 1. The van der Waals surface area contributed by atoms with Crippen molar-refractivity contribution in [3.63, 3.8) is 0 Å². The van der Waals surface area contributed by atoms with Crippen molar-refractivity contribution in [2.75, 3.05) is 20.2 Å². The standard InChI is InChI=1S/C18H20N2O3S/c1-17(2)9-18(16(22)23-3)10-20(8-13(17)18)15(21)14-19-11-6-4-5-7-12(11)24-14/h4-7,13H,8-10H2,1-3H3/t13-,18+/m1/s1. The number of para-hydroxylation sites is 1. The number of carbonyl (C=O) groups is 2. The molecule has 0 spiro atoms. The van der Waals surface area contributed by atoms with Gasteiger partial charge in [-0.25, -0.2) is 4.98 Å². The van der Waals surface area contributed by atoms with Gasteiger partial charge in [-0.05, 0) is 29.9 Å². The number of hydrogen-bond acceptors (Lipinski definition) is 5. The van der Waals surface area contributed by atoms with Crippen LogP contribution in [0.2, 0.25) is 0 Å². The van der Waals surface area contributed by atoms with Crippen LogP contribution < -0.4 is 0 Å². The molecule has 4 rings (SSSR count). The Hall–Kier alpha value is -1.95. The number of nitrogens with zero attached hydrogens (tertiary/aromatic N) is 2. The van der Waals surface area contributed by atoms with Gasteiger partial charge in [0.15, 0.2) is 5.01 Å². The van der Waals surface area contributed by atoms with Crippen LogP contribution in [0, 0.1) is 16.7 Å². The molecule has 1 amide bonds. The van der Waals surface area contributed by atoms with Gasteiger partial charge in [0.25, 0.3) is 5.91 Å². The lowest BCUT2D eigenvalue weighted by Gasteiger charge is -2.54. The molecular formula is C18H20N2O3S. The highest BCUT2D eigenvalue weighted by Gasteiger charge is 2.68. The van der Waals surface area contributed by atoms with Crippen LogP contribution in [0.1, 0.15) is 30.1 Å². The number of hydrogen-bond donors (Lipinski definition) is 0. The predicted octanol–water partition coefficient (Wildman–Crippen LogP) is 2.96. The van der Waals surface area contributed by atoms with Gasteiger partial charge >= 0.3 is 5.97 Å². The van der Waals surface area contributed by atoms with E-state index >= 15 is 0 Å². The molecule has 126 valence electrons. The molecule has 0 unspecified atom stereocenters. The number of fused-ring (bicyclic) bond motifs is 2. The lowest BCUT2D eigenvalue weighted by molar-refractivity contribution is -0.174. The molecule has 5 nitrogen and oxygen atoms in total. The number of methoxy groups -OCH3 is 1. The number of likely N-dealkylation sites (tertiary alicyclic amines) is 1. The molecule has 2 heterocycles. The third kappa shape index (κ3) is 2.02. The van der Waals surface area contributed by atoms with Crippen LogP contribution in [0.3, 0.4) is 0 Å². The van der Waals surface area contributed by atoms with Gasteiger partial charge in [-0.15, -0.1) is 11.3 Å². The zero-order valence-electron chi connectivity index (χ0n) is 14.0. The second kappa shape index (κ2) is 5.02. The van der Waals surface area contributed by atoms with Crippen molar-refractivity contribution in [2.45, 2.75) is 20.3 Å². The molecule has 1 aromatic carbocycles. The van der Waals surface area contributed by atoms with Crippen molar-refractivity contribution in [2.24, 2.45) is 16.7 Å². The van der Waals surface area contributed by atoms with Crippen LogP contribution in [0.15, 0.2) is 24.3 Å². The Morgan fingerprint density at radius 1 is 1.33 bits per heavy atom. The maximum absolute atomic E-state index is 12.9. The Balaban J connectivity index is 1.63. The van der Waals surface area contributed by atoms with E-state index in [-0.39, 0.29) is 23.2 Å². The van der Waals surface area contributed by atoms with Gasteiger partial charge in [-0.1, -0.05) is 26.0 Å². The maximum Gasteiger partial charge on any atom is 0.314 e. The molecule has 6 heteroatoms. The van der Waals surface area contributed by atoms with Crippen molar-refractivity contribution in [3.05, 3.63) is 29.3 Å². The number of aromatic nitrogens is 1. The second-order valence-corrected chi connectivity index (χ2v) is 8.57. The minimum atomic E-state index is -0.537. The summed E-state index contributed by atoms with van der Waals surface area (Å²) in [5, 5.41) is 0.496. The van der Waals surface area contributed by atoms with Crippen LogP contribution in [0.4, 0.5) is 0 Å². The third-order valence-electron chi connectivity index (χ3n) is 5.61. The summed E-state index contributed by atoms with van der Waals surface area (Å²) in [4.78, 5) is 31.5. The molecule has 1 aromatic heterocycles. The van der Waals surface area contributed by atoms with Crippen molar-refractivity contribution in [1.29, 1.82) is 0 Å². The van der Waals surface area contributed by atoms with Crippen molar-refractivity contribution < 1.29 is 14.3 Å². The fraction of sp³-hybridized carbons (Fsp3) is 0.500. The molecule has 24 heavy (non-hydrogen) atoms. The number of carbonyl (C=O) groups excluding carboxylic acids is 2. The molecule has 2 atom stereocenters. The van der Waals surface area contributed by atoms with Crippen LogP contribution in [0.25, 0.3) is 10.2 Å². The van der Waals surface area contributed by atoms with Gasteiger partial charge in [0.2, 0.25) is 0 Å². The van der Waals surface area contributed by atoms with E-state index in [0.717, 1.165) is 16.6 Å². The monoisotopic (exact) mass is 344 g/mol. The minimum Gasteiger partial charge on any atom is -0.469 e. The highest BCUT2D eigenvalue weighted by Crippen LogP contribution is 2.63. The highest BCUT2D eigenvalue weighted by molar-refractivity contribution is 7.20. The van der Waals surface area contributed by atoms with Crippen molar-refractivity contribution >= 4 is 33.4 Å². The molecule has 1 aliphatic heterocycles. The van der Waals surface area contributed by atoms with Crippen molar-refractivity contribution in [3.8, 4) is 0 Å². The molecule has 0 bridgehead atoms. The number of ether oxygens (including phenoxy) is 1. The highest BCUT2D eigenvalue weighted by atomic mass is 32.1. The molecule has 2 aromatic rings. The summed E-state index contributed by atoms with van der Waals surface area (Å²) in [6, 6.07) is 7.74. The van der Waals surface area contributed by atoms with Crippen LogP contribution in [-0.4, -0.2) is 42.0 Å². The smallest absolute Gasteiger partial charge is 0.314 e. The van der Waals surface area contributed by atoms with Crippen LogP contribution in [-0.2, 0) is 9.53 Å². The zero-order chi connectivity index (χ0) is 17.1. The fourth-order valence-electron chi connectivity index (χ4n) is 4.63. The van der Waals surface area contributed by atoms with Crippen molar-refractivity contribution in [1.82, 2.24) is 9.88 Å². The van der Waals surface area contributed by atoms with E-state index in [0.29, 0.717) is 18.1 Å². The Morgan fingerprint density at radius 2 is 2.08 bits per heavy atom. The van der Waals surface area contributed by atoms with E-state index in [9.17, 15) is 9.59 Å². The molecule has 1 saturated carbocycles.